The van der Waals surface area contributed by atoms with E-state index in [2.05, 4.69) is 15.6 Å². The van der Waals surface area contributed by atoms with Crippen molar-refractivity contribution in [1.82, 2.24) is 4.98 Å². The summed E-state index contributed by atoms with van der Waals surface area (Å²) < 4.78 is 5.58. The third kappa shape index (κ3) is 4.06. The topological polar surface area (TPSA) is 89.3 Å². The van der Waals surface area contributed by atoms with Gasteiger partial charge in [-0.1, -0.05) is 18.2 Å². The Kier molecular flexibility index (Phi) is 4.85. The van der Waals surface area contributed by atoms with Crippen LogP contribution in [0.1, 0.15) is 12.8 Å². The zero-order valence-electron chi connectivity index (χ0n) is 12.7. The molecule has 0 radical (unpaired) electrons. The first kappa shape index (κ1) is 15.5. The molecule has 1 aromatic carbocycles. The molecule has 0 unspecified atom stereocenters. The molecule has 1 aliphatic rings. The van der Waals surface area contributed by atoms with Crippen molar-refractivity contribution in [2.75, 3.05) is 17.2 Å². The monoisotopic (exact) mass is 312 g/mol. The van der Waals surface area contributed by atoms with Crippen molar-refractivity contribution in [3.05, 3.63) is 48.7 Å². The molecule has 2 aromatic rings. The van der Waals surface area contributed by atoms with Crippen LogP contribution < -0.4 is 16.4 Å². The Bertz CT molecular complexity index is 645. The Morgan fingerprint density at radius 2 is 2.00 bits per heavy atom. The quantitative estimate of drug-likeness (QED) is 0.788. The standard InChI is InChI=1S/C17H20N4O2/c18-10-14-7-8-15(23-14)17(22)21-13-6-9-16(19-11-13)20-12-4-2-1-3-5-12/h1-6,9,11,14-15H,7-8,10,18H2,(H,19,20)(H,21,22)/t14-,15+/m1/s1. The van der Waals surface area contributed by atoms with E-state index in [0.717, 1.165) is 17.9 Å². The smallest absolute Gasteiger partial charge is 0.253 e. The highest BCUT2D eigenvalue weighted by Crippen LogP contribution is 2.21. The lowest BCUT2D eigenvalue weighted by atomic mass is 10.2. The van der Waals surface area contributed by atoms with Gasteiger partial charge in [-0.05, 0) is 37.1 Å². The fourth-order valence-corrected chi connectivity index (χ4v) is 2.51. The number of aromatic nitrogens is 1. The van der Waals surface area contributed by atoms with Crippen LogP contribution in [0, 0.1) is 0 Å². The minimum Gasteiger partial charge on any atom is -0.364 e. The number of benzene rings is 1. The van der Waals surface area contributed by atoms with Crippen molar-refractivity contribution in [3.8, 4) is 0 Å². The third-order valence-electron chi connectivity index (χ3n) is 3.74. The van der Waals surface area contributed by atoms with Gasteiger partial charge in [0.25, 0.3) is 5.91 Å². The minimum absolute atomic E-state index is 0.0127. The molecular weight excluding hydrogens is 292 g/mol. The van der Waals surface area contributed by atoms with E-state index >= 15 is 0 Å². The maximum absolute atomic E-state index is 12.1. The number of hydrogen-bond donors (Lipinski definition) is 3. The van der Waals surface area contributed by atoms with Crippen molar-refractivity contribution in [3.63, 3.8) is 0 Å². The number of hydrogen-bond acceptors (Lipinski definition) is 5. The van der Waals surface area contributed by atoms with Crippen LogP contribution in [0.2, 0.25) is 0 Å². The van der Waals surface area contributed by atoms with E-state index in [0.29, 0.717) is 18.7 Å². The molecule has 6 nitrogen and oxygen atoms in total. The van der Waals surface area contributed by atoms with Crippen LogP contribution in [-0.4, -0.2) is 29.6 Å². The molecule has 0 saturated carbocycles. The van der Waals surface area contributed by atoms with Crippen molar-refractivity contribution in [1.29, 1.82) is 0 Å². The molecule has 2 atom stereocenters. The number of nitrogens with two attached hydrogens (primary N) is 1. The Morgan fingerprint density at radius 3 is 2.65 bits per heavy atom. The van der Waals surface area contributed by atoms with Crippen molar-refractivity contribution in [2.24, 2.45) is 5.73 Å². The zero-order chi connectivity index (χ0) is 16.1. The summed E-state index contributed by atoms with van der Waals surface area (Å²) in [5.74, 6) is 0.570. The molecule has 3 rings (SSSR count). The first-order valence-corrected chi connectivity index (χ1v) is 7.69. The van der Waals surface area contributed by atoms with Gasteiger partial charge in [0.2, 0.25) is 0 Å². The number of amides is 1. The molecule has 1 saturated heterocycles. The average molecular weight is 312 g/mol. The molecule has 0 bridgehead atoms. The van der Waals surface area contributed by atoms with Crippen LogP contribution >= 0.6 is 0 Å². The van der Waals surface area contributed by atoms with E-state index in [4.69, 9.17) is 10.5 Å². The molecule has 1 amide bonds. The summed E-state index contributed by atoms with van der Waals surface area (Å²) in [6, 6.07) is 13.4. The number of nitrogens with zero attached hydrogens (tertiary/aromatic N) is 1. The summed E-state index contributed by atoms with van der Waals surface area (Å²) in [5, 5.41) is 6.02. The van der Waals surface area contributed by atoms with Gasteiger partial charge in [0.05, 0.1) is 18.0 Å². The largest absolute Gasteiger partial charge is 0.364 e. The summed E-state index contributed by atoms with van der Waals surface area (Å²) >= 11 is 0. The van der Waals surface area contributed by atoms with Crippen molar-refractivity contribution >= 4 is 23.1 Å². The number of pyridine rings is 1. The van der Waals surface area contributed by atoms with Crippen LogP contribution in [0.15, 0.2) is 48.7 Å². The number of ether oxygens (including phenoxy) is 1. The lowest BCUT2D eigenvalue weighted by Crippen LogP contribution is -2.29. The second-order valence-corrected chi connectivity index (χ2v) is 5.47. The Labute approximate surface area is 135 Å². The van der Waals surface area contributed by atoms with E-state index < -0.39 is 6.10 Å². The Hall–Kier alpha value is -2.44. The highest BCUT2D eigenvalue weighted by molar-refractivity contribution is 5.94. The molecule has 1 aromatic heterocycles. The molecule has 1 fully saturated rings. The normalized spacial score (nSPS) is 20.2. The molecule has 0 aliphatic carbocycles. The van der Waals surface area contributed by atoms with Crippen LogP contribution in [-0.2, 0) is 9.53 Å². The number of rotatable bonds is 5. The summed E-state index contributed by atoms with van der Waals surface area (Å²) in [6.45, 7) is 0.450. The second kappa shape index (κ2) is 7.21. The Morgan fingerprint density at radius 1 is 1.17 bits per heavy atom. The molecule has 120 valence electrons. The van der Waals surface area contributed by atoms with E-state index in [1.807, 2.05) is 42.5 Å². The first-order valence-electron chi connectivity index (χ1n) is 7.69. The maximum atomic E-state index is 12.1. The summed E-state index contributed by atoms with van der Waals surface area (Å²) in [6.07, 6.45) is 2.71. The number of anilines is 3. The van der Waals surface area contributed by atoms with Gasteiger partial charge in [0.1, 0.15) is 11.9 Å². The van der Waals surface area contributed by atoms with E-state index in [-0.39, 0.29) is 12.0 Å². The van der Waals surface area contributed by atoms with Crippen molar-refractivity contribution < 1.29 is 9.53 Å². The van der Waals surface area contributed by atoms with Crippen LogP contribution in [0.5, 0.6) is 0 Å². The molecule has 4 N–H and O–H groups in total. The summed E-state index contributed by atoms with van der Waals surface area (Å²) in [7, 11) is 0. The highest BCUT2D eigenvalue weighted by atomic mass is 16.5. The summed E-state index contributed by atoms with van der Waals surface area (Å²) in [5.41, 5.74) is 7.16. The average Bonchev–Trinajstić information content (AvgIpc) is 3.07. The fraction of sp³-hybridized carbons (Fsp3) is 0.294. The van der Waals surface area contributed by atoms with Gasteiger partial charge in [-0.15, -0.1) is 0 Å². The molecule has 1 aliphatic heterocycles. The summed E-state index contributed by atoms with van der Waals surface area (Å²) in [4.78, 5) is 16.4. The van der Waals surface area contributed by atoms with E-state index in [1.165, 1.54) is 0 Å². The number of carbonyl (C=O) groups is 1. The minimum atomic E-state index is -0.425. The Balaban J connectivity index is 1.56. The van der Waals surface area contributed by atoms with Crippen LogP contribution in [0.4, 0.5) is 17.2 Å². The first-order chi connectivity index (χ1) is 11.2. The third-order valence-corrected chi connectivity index (χ3v) is 3.74. The van der Waals surface area contributed by atoms with Crippen LogP contribution in [0.25, 0.3) is 0 Å². The zero-order valence-corrected chi connectivity index (χ0v) is 12.7. The number of nitrogens with one attached hydrogen (secondary N) is 2. The molecule has 6 heteroatoms. The lowest BCUT2D eigenvalue weighted by molar-refractivity contribution is -0.126. The van der Waals surface area contributed by atoms with Gasteiger partial charge in [-0.2, -0.15) is 0 Å². The maximum Gasteiger partial charge on any atom is 0.253 e. The molecule has 0 spiro atoms. The number of para-hydroxylation sites is 1. The van der Waals surface area contributed by atoms with Gasteiger partial charge in [-0.3, -0.25) is 4.79 Å². The van der Waals surface area contributed by atoms with Gasteiger partial charge in [0, 0.05) is 12.2 Å². The van der Waals surface area contributed by atoms with Gasteiger partial charge < -0.3 is 21.1 Å². The molecular formula is C17H20N4O2. The van der Waals surface area contributed by atoms with Gasteiger partial charge in [0.15, 0.2) is 0 Å². The van der Waals surface area contributed by atoms with E-state index in [9.17, 15) is 4.79 Å². The van der Waals surface area contributed by atoms with Gasteiger partial charge >= 0.3 is 0 Å². The fourth-order valence-electron chi connectivity index (χ4n) is 2.51. The molecule has 2 heterocycles. The number of carbonyl (C=O) groups excluding carboxylic acids is 1. The lowest BCUT2D eigenvalue weighted by Gasteiger charge is -2.13. The van der Waals surface area contributed by atoms with Crippen LogP contribution in [0.3, 0.4) is 0 Å². The predicted molar refractivity (Wildman–Crippen MR) is 89.5 cm³/mol. The second-order valence-electron chi connectivity index (χ2n) is 5.47. The van der Waals surface area contributed by atoms with E-state index in [1.54, 1.807) is 6.20 Å². The molecule has 23 heavy (non-hydrogen) atoms. The van der Waals surface area contributed by atoms with Gasteiger partial charge in [-0.25, -0.2) is 4.98 Å². The SMILES string of the molecule is NC[C@H]1CC[C@@H](C(=O)Nc2ccc(Nc3ccccc3)nc2)O1. The highest BCUT2D eigenvalue weighted by Gasteiger charge is 2.29. The predicted octanol–water partition coefficient (Wildman–Crippen LogP) is 2.27. The van der Waals surface area contributed by atoms with Crippen molar-refractivity contribution in [2.45, 2.75) is 25.0 Å².